The topological polar surface area (TPSA) is 58.6 Å². The molecule has 0 fully saturated rings. The second-order valence-electron chi connectivity index (χ2n) is 2.73. The van der Waals surface area contributed by atoms with Gasteiger partial charge in [0.1, 0.15) is 5.75 Å². The molecule has 1 aromatic rings. The Morgan fingerprint density at radius 3 is 2.71 bits per heavy atom. The van der Waals surface area contributed by atoms with Gasteiger partial charge in [0.15, 0.2) is 0 Å². The maximum absolute atomic E-state index is 10.7. The number of carboxylic acid groups (broad SMARTS) is 1. The Balaban J connectivity index is 3.06. The molecule has 2 N–H and O–H groups in total. The van der Waals surface area contributed by atoms with Crippen LogP contribution in [0, 0.1) is 0 Å². The first kappa shape index (κ1) is 10.4. The van der Waals surface area contributed by atoms with Gasteiger partial charge < -0.3 is 15.2 Å². The van der Waals surface area contributed by atoms with E-state index in [1.807, 2.05) is 6.92 Å². The summed E-state index contributed by atoms with van der Waals surface area (Å²) >= 11 is 0. The van der Waals surface area contributed by atoms with E-state index in [0.717, 1.165) is 5.69 Å². The third kappa shape index (κ3) is 2.39. The number of carbonyl (C=O) groups is 1. The first-order chi connectivity index (χ1) is 6.67. The van der Waals surface area contributed by atoms with Gasteiger partial charge in [-0.2, -0.15) is 0 Å². The van der Waals surface area contributed by atoms with Gasteiger partial charge in [0.25, 0.3) is 0 Å². The highest BCUT2D eigenvalue weighted by molar-refractivity contribution is 5.89. The largest absolute Gasteiger partial charge is 0.494 e. The number of hydrogen-bond acceptors (Lipinski definition) is 3. The molecule has 4 heteroatoms. The van der Waals surface area contributed by atoms with Crippen molar-refractivity contribution in [3.05, 3.63) is 23.8 Å². The van der Waals surface area contributed by atoms with Gasteiger partial charge >= 0.3 is 5.97 Å². The van der Waals surface area contributed by atoms with Crippen molar-refractivity contribution >= 4 is 11.7 Å². The van der Waals surface area contributed by atoms with Crippen LogP contribution < -0.4 is 10.1 Å². The van der Waals surface area contributed by atoms with Crippen molar-refractivity contribution in [2.75, 3.05) is 19.0 Å². The highest BCUT2D eigenvalue weighted by atomic mass is 16.5. The predicted octanol–water partition coefficient (Wildman–Crippen LogP) is 1.83. The molecule has 0 radical (unpaired) electrons. The van der Waals surface area contributed by atoms with Gasteiger partial charge in [0.2, 0.25) is 0 Å². The Morgan fingerprint density at radius 2 is 2.21 bits per heavy atom. The van der Waals surface area contributed by atoms with Crippen molar-refractivity contribution in [3.63, 3.8) is 0 Å². The Labute approximate surface area is 82.5 Å². The lowest BCUT2D eigenvalue weighted by Crippen LogP contribution is -2.00. The second kappa shape index (κ2) is 4.50. The van der Waals surface area contributed by atoms with Gasteiger partial charge in [-0.25, -0.2) is 4.79 Å². The fourth-order valence-corrected chi connectivity index (χ4v) is 1.12. The molecule has 0 saturated heterocycles. The molecule has 0 saturated carbocycles. The third-order valence-corrected chi connectivity index (χ3v) is 1.75. The highest BCUT2D eigenvalue weighted by Crippen LogP contribution is 2.20. The Hall–Kier alpha value is -1.71. The quantitative estimate of drug-likeness (QED) is 0.769. The lowest BCUT2D eigenvalue weighted by Gasteiger charge is -2.07. The molecule has 14 heavy (non-hydrogen) atoms. The molecule has 0 aliphatic rings. The van der Waals surface area contributed by atoms with Crippen molar-refractivity contribution in [2.45, 2.75) is 6.92 Å². The summed E-state index contributed by atoms with van der Waals surface area (Å²) in [6.07, 6.45) is 0. The molecule has 0 aromatic heterocycles. The van der Waals surface area contributed by atoms with E-state index in [9.17, 15) is 4.79 Å². The van der Waals surface area contributed by atoms with Crippen LogP contribution in [0.1, 0.15) is 17.3 Å². The average Bonchev–Trinajstić information content (AvgIpc) is 2.17. The van der Waals surface area contributed by atoms with Crippen LogP contribution in [-0.2, 0) is 0 Å². The highest BCUT2D eigenvalue weighted by Gasteiger charge is 2.06. The monoisotopic (exact) mass is 195 g/mol. The third-order valence-electron chi connectivity index (χ3n) is 1.75. The molecular formula is C10H13NO3. The van der Waals surface area contributed by atoms with E-state index in [1.165, 1.54) is 6.07 Å². The van der Waals surface area contributed by atoms with Crippen LogP contribution in [0.2, 0.25) is 0 Å². The normalized spacial score (nSPS) is 9.57. The molecule has 0 spiro atoms. The molecular weight excluding hydrogens is 182 g/mol. The van der Waals surface area contributed by atoms with Crippen LogP contribution in [0.5, 0.6) is 5.75 Å². The number of benzene rings is 1. The molecule has 1 aromatic carbocycles. The molecule has 0 amide bonds. The zero-order chi connectivity index (χ0) is 10.6. The zero-order valence-corrected chi connectivity index (χ0v) is 8.20. The average molecular weight is 195 g/mol. The molecule has 0 unspecified atom stereocenters. The van der Waals surface area contributed by atoms with E-state index in [0.29, 0.717) is 12.4 Å². The first-order valence-electron chi connectivity index (χ1n) is 4.36. The van der Waals surface area contributed by atoms with Crippen molar-refractivity contribution in [2.24, 2.45) is 0 Å². The summed E-state index contributed by atoms with van der Waals surface area (Å²) in [6, 6.07) is 4.83. The van der Waals surface area contributed by atoms with E-state index < -0.39 is 5.97 Å². The lowest BCUT2D eigenvalue weighted by molar-refractivity contribution is 0.0696. The van der Waals surface area contributed by atoms with Gasteiger partial charge in [-0.15, -0.1) is 0 Å². The molecule has 0 atom stereocenters. The standard InChI is InChI=1S/C10H13NO3/c1-3-14-9-5-7(10(12)13)4-8(6-9)11-2/h4-6,11H,3H2,1-2H3,(H,12,13). The summed E-state index contributed by atoms with van der Waals surface area (Å²) in [7, 11) is 1.73. The van der Waals surface area contributed by atoms with Crippen LogP contribution in [0.25, 0.3) is 0 Å². The minimum Gasteiger partial charge on any atom is -0.494 e. The van der Waals surface area contributed by atoms with Crippen molar-refractivity contribution in [1.29, 1.82) is 0 Å². The molecule has 0 heterocycles. The summed E-state index contributed by atoms with van der Waals surface area (Å²) < 4.78 is 5.24. The number of aromatic carboxylic acids is 1. The van der Waals surface area contributed by atoms with Crippen LogP contribution >= 0.6 is 0 Å². The van der Waals surface area contributed by atoms with Gasteiger partial charge in [0, 0.05) is 18.8 Å². The number of nitrogens with one attached hydrogen (secondary N) is 1. The number of hydrogen-bond donors (Lipinski definition) is 2. The summed E-state index contributed by atoms with van der Waals surface area (Å²) in [5.74, 6) is -0.389. The minimum absolute atomic E-state index is 0.223. The maximum Gasteiger partial charge on any atom is 0.335 e. The lowest BCUT2D eigenvalue weighted by atomic mass is 10.2. The second-order valence-corrected chi connectivity index (χ2v) is 2.73. The Morgan fingerprint density at radius 1 is 1.50 bits per heavy atom. The maximum atomic E-state index is 10.7. The van der Waals surface area contributed by atoms with Crippen molar-refractivity contribution in [1.82, 2.24) is 0 Å². The fraction of sp³-hybridized carbons (Fsp3) is 0.300. The van der Waals surface area contributed by atoms with Crippen molar-refractivity contribution < 1.29 is 14.6 Å². The molecule has 0 bridgehead atoms. The summed E-state index contributed by atoms with van der Waals surface area (Å²) in [4.78, 5) is 10.7. The summed E-state index contributed by atoms with van der Waals surface area (Å²) in [5, 5.41) is 11.7. The SMILES string of the molecule is CCOc1cc(NC)cc(C(=O)O)c1. The van der Waals surface area contributed by atoms with E-state index in [4.69, 9.17) is 9.84 Å². The Bertz CT molecular complexity index is 336. The molecule has 76 valence electrons. The van der Waals surface area contributed by atoms with E-state index in [1.54, 1.807) is 19.2 Å². The van der Waals surface area contributed by atoms with Crippen LogP contribution in [0.15, 0.2) is 18.2 Å². The molecule has 0 aliphatic carbocycles. The Kier molecular flexibility index (Phi) is 3.34. The number of rotatable bonds is 4. The van der Waals surface area contributed by atoms with Crippen molar-refractivity contribution in [3.8, 4) is 5.75 Å². The zero-order valence-electron chi connectivity index (χ0n) is 8.20. The van der Waals surface area contributed by atoms with Crippen LogP contribution in [-0.4, -0.2) is 24.7 Å². The van der Waals surface area contributed by atoms with Crippen LogP contribution in [0.3, 0.4) is 0 Å². The van der Waals surface area contributed by atoms with Gasteiger partial charge in [-0.3, -0.25) is 0 Å². The van der Waals surface area contributed by atoms with Crippen LogP contribution in [0.4, 0.5) is 5.69 Å². The molecule has 4 nitrogen and oxygen atoms in total. The fourth-order valence-electron chi connectivity index (χ4n) is 1.12. The number of anilines is 1. The minimum atomic E-state index is -0.956. The first-order valence-corrected chi connectivity index (χ1v) is 4.36. The van der Waals surface area contributed by atoms with E-state index in [2.05, 4.69) is 5.32 Å². The van der Waals surface area contributed by atoms with Gasteiger partial charge in [0.05, 0.1) is 12.2 Å². The van der Waals surface area contributed by atoms with E-state index in [-0.39, 0.29) is 5.56 Å². The summed E-state index contributed by atoms with van der Waals surface area (Å²) in [6.45, 7) is 2.37. The van der Waals surface area contributed by atoms with E-state index >= 15 is 0 Å². The predicted molar refractivity (Wildman–Crippen MR) is 54.1 cm³/mol. The smallest absolute Gasteiger partial charge is 0.335 e. The molecule has 1 rings (SSSR count). The number of ether oxygens (including phenoxy) is 1. The number of carboxylic acids is 1. The van der Waals surface area contributed by atoms with Gasteiger partial charge in [-0.1, -0.05) is 0 Å². The summed E-state index contributed by atoms with van der Waals surface area (Å²) in [5.41, 5.74) is 0.952. The van der Waals surface area contributed by atoms with Gasteiger partial charge in [-0.05, 0) is 19.1 Å². The molecule has 0 aliphatic heterocycles.